The Bertz CT molecular complexity index is 404. The van der Waals surface area contributed by atoms with Crippen LogP contribution < -0.4 is 4.74 Å². The Morgan fingerprint density at radius 1 is 1.29 bits per heavy atom. The Labute approximate surface area is 103 Å². The molecule has 3 heteroatoms. The van der Waals surface area contributed by atoms with E-state index in [1.54, 1.807) is 24.5 Å². The van der Waals surface area contributed by atoms with Gasteiger partial charge >= 0.3 is 0 Å². The maximum Gasteiger partial charge on any atom is 0.187 e. The zero-order valence-corrected chi connectivity index (χ0v) is 10.7. The lowest BCUT2D eigenvalue weighted by atomic mass is 10.1. The van der Waals surface area contributed by atoms with E-state index in [2.05, 4.69) is 18.8 Å². The molecule has 0 saturated carbocycles. The van der Waals surface area contributed by atoms with Gasteiger partial charge in [-0.2, -0.15) is 0 Å². The lowest BCUT2D eigenvalue weighted by molar-refractivity contribution is 0.104. The fourth-order valence-electron chi connectivity index (χ4n) is 1.52. The largest absolute Gasteiger partial charge is 0.492 e. The van der Waals surface area contributed by atoms with Gasteiger partial charge in [-0.3, -0.25) is 9.78 Å². The summed E-state index contributed by atoms with van der Waals surface area (Å²) in [7, 11) is 0. The van der Waals surface area contributed by atoms with Crippen LogP contribution in [-0.4, -0.2) is 17.4 Å². The number of rotatable bonds is 6. The van der Waals surface area contributed by atoms with Gasteiger partial charge in [-0.05, 0) is 31.9 Å². The summed E-state index contributed by atoms with van der Waals surface area (Å²) >= 11 is 0. The minimum absolute atomic E-state index is 0.00208. The Balaban J connectivity index is 2.88. The molecule has 17 heavy (non-hydrogen) atoms. The summed E-state index contributed by atoms with van der Waals surface area (Å²) in [5, 5.41) is 0. The predicted molar refractivity (Wildman–Crippen MR) is 68.4 cm³/mol. The maximum atomic E-state index is 12.0. The van der Waals surface area contributed by atoms with Gasteiger partial charge in [0.2, 0.25) is 0 Å². The standard InChI is InChI=1S/C14H19NO2/c1-4-11(5-2)7-14(16)12-8-13(17-6-3)10-15-9-12/h7-10H,4-6H2,1-3H3. The molecular formula is C14H19NO2. The SMILES string of the molecule is CCOc1cncc(C(=O)C=C(CC)CC)c1. The first kappa shape index (κ1) is 13.4. The third-order valence-corrected chi connectivity index (χ3v) is 2.55. The molecule has 0 aliphatic rings. The lowest BCUT2D eigenvalue weighted by Gasteiger charge is -2.04. The van der Waals surface area contributed by atoms with Crippen molar-refractivity contribution in [2.75, 3.05) is 6.61 Å². The third kappa shape index (κ3) is 4.02. The minimum Gasteiger partial charge on any atom is -0.492 e. The molecule has 0 aliphatic carbocycles. The number of aromatic nitrogens is 1. The molecule has 0 saturated heterocycles. The monoisotopic (exact) mass is 233 g/mol. The van der Waals surface area contributed by atoms with Crippen molar-refractivity contribution in [2.24, 2.45) is 0 Å². The number of nitrogens with zero attached hydrogens (tertiary/aromatic N) is 1. The molecule has 0 spiro atoms. The Morgan fingerprint density at radius 2 is 2.00 bits per heavy atom. The molecule has 92 valence electrons. The van der Waals surface area contributed by atoms with Gasteiger partial charge in [0.1, 0.15) is 5.75 Å². The summed E-state index contributed by atoms with van der Waals surface area (Å²) in [6.45, 7) is 6.58. The minimum atomic E-state index is -0.00208. The molecule has 0 unspecified atom stereocenters. The van der Waals surface area contributed by atoms with Gasteiger partial charge in [0.15, 0.2) is 5.78 Å². The van der Waals surface area contributed by atoms with E-state index in [1.807, 2.05) is 6.92 Å². The van der Waals surface area contributed by atoms with Gasteiger partial charge in [-0.25, -0.2) is 0 Å². The zero-order valence-electron chi connectivity index (χ0n) is 10.7. The highest BCUT2D eigenvalue weighted by Gasteiger charge is 2.05. The summed E-state index contributed by atoms with van der Waals surface area (Å²) in [5.74, 6) is 0.638. The predicted octanol–water partition coefficient (Wildman–Crippen LogP) is 3.41. The molecule has 0 N–H and O–H groups in total. The van der Waals surface area contributed by atoms with Crippen molar-refractivity contribution in [1.29, 1.82) is 0 Å². The summed E-state index contributed by atoms with van der Waals surface area (Å²) in [4.78, 5) is 16.0. The molecular weight excluding hydrogens is 214 g/mol. The molecule has 1 heterocycles. The van der Waals surface area contributed by atoms with Gasteiger partial charge in [-0.1, -0.05) is 19.4 Å². The van der Waals surface area contributed by atoms with E-state index in [0.29, 0.717) is 17.9 Å². The summed E-state index contributed by atoms with van der Waals surface area (Å²) in [6.07, 6.45) is 6.70. The maximum absolute atomic E-state index is 12.0. The quantitative estimate of drug-likeness (QED) is 0.558. The summed E-state index contributed by atoms with van der Waals surface area (Å²) in [5.41, 5.74) is 1.73. The second kappa shape index (κ2) is 6.84. The molecule has 0 aromatic carbocycles. The van der Waals surface area contributed by atoms with Crippen LogP contribution in [-0.2, 0) is 0 Å². The number of allylic oxidation sites excluding steroid dienone is 2. The number of pyridine rings is 1. The average Bonchev–Trinajstić information content (AvgIpc) is 2.36. The molecule has 3 nitrogen and oxygen atoms in total. The van der Waals surface area contributed by atoms with Crippen molar-refractivity contribution >= 4 is 5.78 Å². The van der Waals surface area contributed by atoms with E-state index in [9.17, 15) is 4.79 Å². The molecule has 0 atom stereocenters. The molecule has 1 aromatic rings. The van der Waals surface area contributed by atoms with Gasteiger partial charge in [-0.15, -0.1) is 0 Å². The Hall–Kier alpha value is -1.64. The third-order valence-electron chi connectivity index (χ3n) is 2.55. The van der Waals surface area contributed by atoms with Gasteiger partial charge in [0.05, 0.1) is 12.8 Å². The van der Waals surface area contributed by atoms with E-state index in [4.69, 9.17) is 4.74 Å². The Kier molecular flexibility index (Phi) is 5.40. The van der Waals surface area contributed by atoms with Crippen LogP contribution in [0, 0.1) is 0 Å². The lowest BCUT2D eigenvalue weighted by Crippen LogP contribution is -1.99. The van der Waals surface area contributed by atoms with Crippen LogP contribution in [0.1, 0.15) is 44.0 Å². The average molecular weight is 233 g/mol. The normalized spacial score (nSPS) is 9.82. The number of ketones is 1. The van der Waals surface area contributed by atoms with Crippen LogP contribution in [0.25, 0.3) is 0 Å². The van der Waals surface area contributed by atoms with E-state index < -0.39 is 0 Å². The molecule has 0 bridgehead atoms. The fourth-order valence-corrected chi connectivity index (χ4v) is 1.52. The highest BCUT2D eigenvalue weighted by atomic mass is 16.5. The first-order chi connectivity index (χ1) is 8.21. The molecule has 0 radical (unpaired) electrons. The highest BCUT2D eigenvalue weighted by Crippen LogP contribution is 2.14. The van der Waals surface area contributed by atoms with Crippen LogP contribution >= 0.6 is 0 Å². The van der Waals surface area contributed by atoms with Crippen molar-refractivity contribution in [1.82, 2.24) is 4.98 Å². The van der Waals surface area contributed by atoms with Crippen LogP contribution in [0.3, 0.4) is 0 Å². The van der Waals surface area contributed by atoms with Gasteiger partial charge < -0.3 is 4.74 Å². The summed E-state index contributed by atoms with van der Waals surface area (Å²) < 4.78 is 5.32. The number of ether oxygens (including phenoxy) is 1. The van der Waals surface area contributed by atoms with Crippen molar-refractivity contribution in [2.45, 2.75) is 33.6 Å². The van der Waals surface area contributed by atoms with Crippen LogP contribution in [0.4, 0.5) is 0 Å². The highest BCUT2D eigenvalue weighted by molar-refractivity contribution is 6.04. The van der Waals surface area contributed by atoms with Crippen molar-refractivity contribution in [3.05, 3.63) is 35.7 Å². The van der Waals surface area contributed by atoms with Crippen LogP contribution in [0.5, 0.6) is 5.75 Å². The van der Waals surface area contributed by atoms with Crippen molar-refractivity contribution < 1.29 is 9.53 Å². The first-order valence-electron chi connectivity index (χ1n) is 6.02. The number of carbonyl (C=O) groups excluding carboxylic acids is 1. The van der Waals surface area contributed by atoms with E-state index >= 15 is 0 Å². The van der Waals surface area contributed by atoms with E-state index in [0.717, 1.165) is 18.4 Å². The second-order valence-electron chi connectivity index (χ2n) is 3.72. The fraction of sp³-hybridized carbons (Fsp3) is 0.429. The number of hydrogen-bond acceptors (Lipinski definition) is 3. The Morgan fingerprint density at radius 3 is 2.59 bits per heavy atom. The summed E-state index contributed by atoms with van der Waals surface area (Å²) in [6, 6.07) is 1.73. The topological polar surface area (TPSA) is 39.2 Å². The smallest absolute Gasteiger partial charge is 0.187 e. The van der Waals surface area contributed by atoms with Gasteiger partial charge in [0.25, 0.3) is 0 Å². The number of hydrogen-bond donors (Lipinski definition) is 0. The molecule has 1 aromatic heterocycles. The molecule has 0 amide bonds. The zero-order chi connectivity index (χ0) is 12.7. The second-order valence-corrected chi connectivity index (χ2v) is 3.72. The van der Waals surface area contributed by atoms with E-state index in [-0.39, 0.29) is 5.78 Å². The molecule has 0 aliphatic heterocycles. The van der Waals surface area contributed by atoms with Crippen LogP contribution in [0.15, 0.2) is 30.1 Å². The first-order valence-corrected chi connectivity index (χ1v) is 6.02. The number of carbonyl (C=O) groups is 1. The molecule has 0 fully saturated rings. The van der Waals surface area contributed by atoms with E-state index in [1.165, 1.54) is 0 Å². The molecule has 1 rings (SSSR count). The van der Waals surface area contributed by atoms with Gasteiger partial charge in [0, 0.05) is 11.8 Å². The van der Waals surface area contributed by atoms with Crippen molar-refractivity contribution in [3.63, 3.8) is 0 Å². The van der Waals surface area contributed by atoms with Crippen molar-refractivity contribution in [3.8, 4) is 5.75 Å². The van der Waals surface area contributed by atoms with Crippen LogP contribution in [0.2, 0.25) is 0 Å².